The number of hydrogen-bond donors (Lipinski definition) is 3. The molecular weight excluding hydrogens is 469 g/mol. The number of halogens is 3. The number of carboxylic acid groups (broad SMARTS) is 1. The number of hydrogen-bond acceptors (Lipinski definition) is 9. The molecule has 0 aromatic carbocycles. The highest BCUT2D eigenvalue weighted by Crippen LogP contribution is 2.39. The Hall–Kier alpha value is -1.82. The second-order valence-corrected chi connectivity index (χ2v) is 7.56. The summed E-state index contributed by atoms with van der Waals surface area (Å²) in [6, 6.07) is 1.26. The van der Waals surface area contributed by atoms with E-state index >= 15 is 0 Å². The average molecular weight is 482 g/mol. The smallest absolute Gasteiger partial charge is 0.410 e. The highest BCUT2D eigenvalue weighted by Gasteiger charge is 2.22. The highest BCUT2D eigenvalue weighted by atomic mass is 35.5. The van der Waals surface area contributed by atoms with Crippen molar-refractivity contribution >= 4 is 60.4 Å². The fourth-order valence-corrected chi connectivity index (χ4v) is 2.54. The van der Waals surface area contributed by atoms with Gasteiger partial charge in [-0.15, -0.1) is 0 Å². The molecule has 0 saturated carbocycles. The monoisotopic (exact) mass is 480 g/mol. The largest absolute Gasteiger partial charge is 0.480 e. The van der Waals surface area contributed by atoms with Gasteiger partial charge in [-0.2, -0.15) is 4.98 Å². The van der Waals surface area contributed by atoms with E-state index in [1.54, 1.807) is 0 Å². The number of nitrogens with one attached hydrogen (secondary N) is 1. The molecule has 1 aromatic rings. The Bertz CT molecular complexity index is 793. The van der Waals surface area contributed by atoms with E-state index in [0.29, 0.717) is 0 Å². The number of ether oxygens (including phenoxy) is 3. The molecule has 1 unspecified atom stereocenters. The van der Waals surface area contributed by atoms with E-state index < -0.39 is 51.9 Å². The number of rotatable bonds is 10. The van der Waals surface area contributed by atoms with Crippen LogP contribution in [0, 0.1) is 0 Å². The lowest BCUT2D eigenvalue weighted by Gasteiger charge is -2.12. The van der Waals surface area contributed by atoms with Gasteiger partial charge in [-0.05, 0) is 6.07 Å². The van der Waals surface area contributed by atoms with Gasteiger partial charge in [-0.1, -0.05) is 34.8 Å². The van der Waals surface area contributed by atoms with Crippen LogP contribution in [0.4, 0.5) is 4.79 Å². The first-order valence-electron chi connectivity index (χ1n) is 6.89. The van der Waals surface area contributed by atoms with Crippen LogP contribution in [0.1, 0.15) is 0 Å². The predicted octanol–water partition coefficient (Wildman–Crippen LogP) is 1.89. The standard InChI is InChI=1S/C12H12Cl3N2O10P/c13-6-1-7(14)11(17-10(6)15)24-3-9(20)25-5-26-12(21)16-4-28(22,23)27-2-8(18)19/h1H,2-5H2,(H,16,21)(H,18,19)(H,22,23). The molecule has 0 aliphatic heterocycles. The summed E-state index contributed by atoms with van der Waals surface area (Å²) >= 11 is 17.2. The molecule has 0 aliphatic carbocycles. The molecular formula is C12H12Cl3N2O10P. The van der Waals surface area contributed by atoms with E-state index in [9.17, 15) is 23.8 Å². The zero-order chi connectivity index (χ0) is 21.3. The average Bonchev–Trinajstić information content (AvgIpc) is 2.60. The first-order valence-corrected chi connectivity index (χ1v) is 9.78. The number of carboxylic acids is 1. The minimum absolute atomic E-state index is 0.00335. The van der Waals surface area contributed by atoms with Gasteiger partial charge in [0, 0.05) is 0 Å². The second kappa shape index (κ2) is 11.2. The lowest BCUT2D eigenvalue weighted by molar-refractivity contribution is -0.154. The molecule has 28 heavy (non-hydrogen) atoms. The van der Waals surface area contributed by atoms with E-state index in [2.05, 4.69) is 19.0 Å². The number of nitrogens with zero attached hydrogens (tertiary/aromatic N) is 1. The number of esters is 1. The van der Waals surface area contributed by atoms with Crippen LogP contribution in [0.5, 0.6) is 5.88 Å². The lowest BCUT2D eigenvalue weighted by atomic mass is 10.5. The van der Waals surface area contributed by atoms with Crippen LogP contribution < -0.4 is 10.1 Å². The summed E-state index contributed by atoms with van der Waals surface area (Å²) in [7, 11) is -4.37. The van der Waals surface area contributed by atoms with Crippen molar-refractivity contribution in [2.24, 2.45) is 0 Å². The molecule has 0 aliphatic rings. The minimum atomic E-state index is -4.37. The van der Waals surface area contributed by atoms with Crippen molar-refractivity contribution in [1.82, 2.24) is 10.3 Å². The highest BCUT2D eigenvalue weighted by molar-refractivity contribution is 7.52. The van der Waals surface area contributed by atoms with Crippen molar-refractivity contribution in [3.05, 3.63) is 21.3 Å². The van der Waals surface area contributed by atoms with E-state index in [4.69, 9.17) is 44.6 Å². The number of carbonyl (C=O) groups is 3. The minimum Gasteiger partial charge on any atom is -0.480 e. The molecule has 16 heteroatoms. The Morgan fingerprint density at radius 1 is 1.14 bits per heavy atom. The summed E-state index contributed by atoms with van der Waals surface area (Å²) < 4.78 is 29.5. The van der Waals surface area contributed by atoms with Gasteiger partial charge < -0.3 is 29.5 Å². The van der Waals surface area contributed by atoms with E-state index in [1.165, 1.54) is 6.07 Å². The van der Waals surface area contributed by atoms with E-state index in [-0.39, 0.29) is 21.1 Å². The number of aliphatic carboxylic acids is 1. The topological polar surface area (TPSA) is 171 Å². The summed E-state index contributed by atoms with van der Waals surface area (Å²) in [6.07, 6.45) is -2.14. The van der Waals surface area contributed by atoms with Gasteiger partial charge in [0.2, 0.25) is 12.7 Å². The maximum absolute atomic E-state index is 11.5. The molecule has 1 atom stereocenters. The van der Waals surface area contributed by atoms with Gasteiger partial charge in [0.05, 0.1) is 5.02 Å². The van der Waals surface area contributed by atoms with Gasteiger partial charge >= 0.3 is 25.6 Å². The van der Waals surface area contributed by atoms with Gasteiger partial charge in [-0.3, -0.25) is 9.09 Å². The Balaban J connectivity index is 2.29. The maximum atomic E-state index is 11.5. The zero-order valence-corrected chi connectivity index (χ0v) is 16.8. The third kappa shape index (κ3) is 9.40. The second-order valence-electron chi connectivity index (χ2n) is 4.54. The molecule has 156 valence electrons. The SMILES string of the molecule is O=C(O)COP(=O)(O)CNC(=O)OCOC(=O)COc1nc(Cl)c(Cl)cc1Cl. The molecule has 0 radical (unpaired) electrons. The summed E-state index contributed by atoms with van der Waals surface area (Å²) in [5.74, 6) is -2.61. The number of alkyl carbamates (subject to hydrolysis) is 1. The molecule has 1 heterocycles. The molecule has 1 rings (SSSR count). The summed E-state index contributed by atoms with van der Waals surface area (Å²) in [4.78, 5) is 45.9. The molecule has 0 fully saturated rings. The lowest BCUT2D eigenvalue weighted by Crippen LogP contribution is -2.28. The quantitative estimate of drug-likeness (QED) is 0.193. The van der Waals surface area contributed by atoms with Crippen LogP contribution in [0.2, 0.25) is 15.2 Å². The summed E-state index contributed by atoms with van der Waals surface area (Å²) in [5.41, 5.74) is 0. The summed E-state index contributed by atoms with van der Waals surface area (Å²) in [5, 5.41) is 10.1. The van der Waals surface area contributed by atoms with Crippen LogP contribution in [0.15, 0.2) is 6.07 Å². The molecule has 3 N–H and O–H groups in total. The van der Waals surface area contributed by atoms with Crippen LogP contribution in [-0.2, 0) is 28.2 Å². The number of aromatic nitrogens is 1. The fraction of sp³-hybridized carbons (Fsp3) is 0.333. The summed E-state index contributed by atoms with van der Waals surface area (Å²) in [6.45, 7) is -2.52. The Kier molecular flexibility index (Phi) is 9.73. The fourth-order valence-electron chi connectivity index (χ4n) is 1.26. The van der Waals surface area contributed by atoms with Crippen molar-refractivity contribution in [1.29, 1.82) is 0 Å². The van der Waals surface area contributed by atoms with Crippen molar-refractivity contribution in [3.8, 4) is 5.88 Å². The Morgan fingerprint density at radius 3 is 2.46 bits per heavy atom. The van der Waals surface area contributed by atoms with Crippen molar-refractivity contribution in [2.75, 3.05) is 26.3 Å². The van der Waals surface area contributed by atoms with Crippen molar-refractivity contribution in [2.45, 2.75) is 0 Å². The van der Waals surface area contributed by atoms with Gasteiger partial charge in [0.15, 0.2) is 18.4 Å². The third-order valence-electron chi connectivity index (χ3n) is 2.40. The van der Waals surface area contributed by atoms with Crippen molar-refractivity contribution in [3.63, 3.8) is 0 Å². The van der Waals surface area contributed by atoms with Crippen LogP contribution in [-0.4, -0.2) is 59.3 Å². The first-order chi connectivity index (χ1) is 13.0. The molecule has 0 spiro atoms. The number of amides is 1. The Morgan fingerprint density at radius 2 is 1.82 bits per heavy atom. The first kappa shape index (κ1) is 24.2. The maximum Gasteiger partial charge on any atom is 0.410 e. The zero-order valence-electron chi connectivity index (χ0n) is 13.6. The Labute approximate surface area is 172 Å². The van der Waals surface area contributed by atoms with E-state index in [1.807, 2.05) is 5.32 Å². The molecule has 1 aromatic heterocycles. The molecule has 12 nitrogen and oxygen atoms in total. The third-order valence-corrected chi connectivity index (χ3v) is 4.44. The predicted molar refractivity (Wildman–Crippen MR) is 93.6 cm³/mol. The van der Waals surface area contributed by atoms with Crippen LogP contribution >= 0.6 is 42.4 Å². The number of pyridine rings is 1. The number of carbonyl (C=O) groups excluding carboxylic acids is 2. The molecule has 0 bridgehead atoms. The van der Waals surface area contributed by atoms with Gasteiger partial charge in [-0.25, -0.2) is 14.4 Å². The normalized spacial score (nSPS) is 12.6. The van der Waals surface area contributed by atoms with Crippen LogP contribution in [0.3, 0.4) is 0 Å². The van der Waals surface area contributed by atoms with E-state index in [0.717, 1.165) is 0 Å². The van der Waals surface area contributed by atoms with Gasteiger partial charge in [0.1, 0.15) is 11.3 Å². The van der Waals surface area contributed by atoms with Crippen LogP contribution in [0.25, 0.3) is 0 Å². The molecule has 0 saturated heterocycles. The molecule has 1 amide bonds. The van der Waals surface area contributed by atoms with Gasteiger partial charge in [0.25, 0.3) is 0 Å². The van der Waals surface area contributed by atoms with Crippen molar-refractivity contribution < 1.29 is 47.7 Å².